The maximum atomic E-state index is 12.7. The maximum Gasteiger partial charge on any atom is 0.303 e. The van der Waals surface area contributed by atoms with Gasteiger partial charge in [-0.3, -0.25) is 19.3 Å². The van der Waals surface area contributed by atoms with E-state index in [1.807, 2.05) is 47.7 Å². The molecule has 1 aliphatic rings. The van der Waals surface area contributed by atoms with E-state index in [9.17, 15) is 19.2 Å². The third kappa shape index (κ3) is 6.99. The van der Waals surface area contributed by atoms with E-state index in [2.05, 4.69) is 27.7 Å². The molecule has 1 aromatic heterocycles. The Morgan fingerprint density at radius 2 is 1.81 bits per heavy atom. The molecule has 1 aliphatic heterocycles. The van der Waals surface area contributed by atoms with Gasteiger partial charge in [0.15, 0.2) is 0 Å². The third-order valence-electron chi connectivity index (χ3n) is 8.17. The second-order valence-corrected chi connectivity index (χ2v) is 11.3. The number of hydrogen-bond donors (Lipinski definition) is 3. The highest BCUT2D eigenvalue weighted by Crippen LogP contribution is 2.29. The van der Waals surface area contributed by atoms with Gasteiger partial charge in [0, 0.05) is 88.0 Å². The number of carboxylic acids is 1. The number of benzene rings is 2. The van der Waals surface area contributed by atoms with Crippen LogP contribution in [0.15, 0.2) is 42.6 Å². The van der Waals surface area contributed by atoms with Crippen molar-refractivity contribution in [2.75, 3.05) is 45.1 Å². The summed E-state index contributed by atoms with van der Waals surface area (Å²) in [5.74, 6) is -0.926. The number of piperazine rings is 1. The molecule has 1 unspecified atom stereocenters. The highest BCUT2D eigenvalue weighted by Gasteiger charge is 2.29. The van der Waals surface area contributed by atoms with Crippen molar-refractivity contribution in [3.8, 4) is 0 Å². The van der Waals surface area contributed by atoms with Crippen LogP contribution in [0.1, 0.15) is 53.7 Å². The minimum absolute atomic E-state index is 0.0793. The lowest BCUT2D eigenvalue weighted by atomic mass is 10.00. The van der Waals surface area contributed by atoms with Gasteiger partial charge in [0.25, 0.3) is 5.91 Å². The maximum absolute atomic E-state index is 12.7. The molecule has 0 spiro atoms. The number of carbonyl (C=O) groups is 4. The average molecular weight is 576 g/mol. The average Bonchev–Trinajstić information content (AvgIpc) is 3.32. The Kier molecular flexibility index (Phi) is 9.67. The van der Waals surface area contributed by atoms with Gasteiger partial charge in [-0.1, -0.05) is 18.2 Å². The number of rotatable bonds is 12. The molecule has 0 saturated carbocycles. The Morgan fingerprint density at radius 1 is 1.07 bits per heavy atom. The number of aryl methyl sites for hydroxylation is 2. The fourth-order valence-corrected chi connectivity index (χ4v) is 5.58. The van der Waals surface area contributed by atoms with Gasteiger partial charge in [0.05, 0.1) is 0 Å². The number of aromatic nitrogens is 1. The molecule has 10 nitrogen and oxygen atoms in total. The van der Waals surface area contributed by atoms with Crippen LogP contribution in [0.2, 0.25) is 0 Å². The molecule has 3 N–H and O–H groups in total. The topological polar surface area (TPSA) is 124 Å². The molecule has 0 radical (unpaired) electrons. The number of nitrogens with one attached hydrogen (secondary N) is 2. The summed E-state index contributed by atoms with van der Waals surface area (Å²) in [5.41, 5.74) is 4.31. The van der Waals surface area contributed by atoms with Crippen molar-refractivity contribution in [1.82, 2.24) is 19.7 Å². The van der Waals surface area contributed by atoms with Crippen LogP contribution in [0.5, 0.6) is 0 Å². The van der Waals surface area contributed by atoms with Crippen molar-refractivity contribution in [3.63, 3.8) is 0 Å². The summed E-state index contributed by atoms with van der Waals surface area (Å²) in [6, 6.07) is 11.7. The van der Waals surface area contributed by atoms with E-state index in [1.54, 1.807) is 20.0 Å². The van der Waals surface area contributed by atoms with E-state index in [-0.39, 0.29) is 24.8 Å². The summed E-state index contributed by atoms with van der Waals surface area (Å²) >= 11 is 0. The quantitative estimate of drug-likeness (QED) is 0.283. The zero-order valence-corrected chi connectivity index (χ0v) is 24.9. The molecule has 1 saturated heterocycles. The van der Waals surface area contributed by atoms with Crippen LogP contribution in [0, 0.1) is 6.92 Å². The first-order valence-corrected chi connectivity index (χ1v) is 14.4. The molecule has 42 heavy (non-hydrogen) atoms. The lowest BCUT2D eigenvalue weighted by Crippen LogP contribution is -2.47. The summed E-state index contributed by atoms with van der Waals surface area (Å²) in [6.45, 7) is 9.46. The first-order valence-electron chi connectivity index (χ1n) is 14.4. The number of carbonyl (C=O) groups excluding carboxylic acids is 3. The number of fused-ring (bicyclic) bond motifs is 1. The van der Waals surface area contributed by atoms with Crippen LogP contribution in [0.25, 0.3) is 10.9 Å². The molecule has 3 aromatic rings. The highest BCUT2D eigenvalue weighted by atomic mass is 16.4. The normalized spacial score (nSPS) is 15.3. The van der Waals surface area contributed by atoms with Crippen LogP contribution in [0.3, 0.4) is 0 Å². The van der Waals surface area contributed by atoms with Gasteiger partial charge in [0.2, 0.25) is 5.91 Å². The molecular formula is C32H41N5O5. The zero-order valence-electron chi connectivity index (χ0n) is 24.9. The Hall–Kier alpha value is -4.18. The second kappa shape index (κ2) is 13.2. The molecule has 224 valence electrons. The third-order valence-corrected chi connectivity index (χ3v) is 8.17. The summed E-state index contributed by atoms with van der Waals surface area (Å²) in [7, 11) is 1.59. The largest absolute Gasteiger partial charge is 0.481 e. The summed E-state index contributed by atoms with van der Waals surface area (Å²) < 4.78 is 1.92. The van der Waals surface area contributed by atoms with Crippen LogP contribution < -0.4 is 10.6 Å². The van der Waals surface area contributed by atoms with E-state index < -0.39 is 11.5 Å². The van der Waals surface area contributed by atoms with Crippen LogP contribution in [-0.4, -0.2) is 83.3 Å². The summed E-state index contributed by atoms with van der Waals surface area (Å²) in [5, 5.41) is 16.3. The van der Waals surface area contributed by atoms with Gasteiger partial charge in [-0.05, 0) is 61.6 Å². The molecule has 4 rings (SSSR count). The van der Waals surface area contributed by atoms with E-state index in [4.69, 9.17) is 5.11 Å². The fraction of sp³-hybridized carbons (Fsp3) is 0.438. The monoisotopic (exact) mass is 575 g/mol. The van der Waals surface area contributed by atoms with E-state index in [1.165, 1.54) is 0 Å². The predicted molar refractivity (Wildman–Crippen MR) is 163 cm³/mol. The smallest absolute Gasteiger partial charge is 0.303 e. The molecule has 0 aliphatic carbocycles. The number of amides is 2. The second-order valence-electron chi connectivity index (χ2n) is 11.3. The Morgan fingerprint density at radius 3 is 2.45 bits per heavy atom. The van der Waals surface area contributed by atoms with Gasteiger partial charge in [-0.15, -0.1) is 0 Å². The van der Waals surface area contributed by atoms with Crippen molar-refractivity contribution >= 4 is 40.7 Å². The molecule has 2 aromatic carbocycles. The number of hydrogen-bond acceptors (Lipinski definition) is 6. The predicted octanol–water partition coefficient (Wildman–Crippen LogP) is 3.41. The van der Waals surface area contributed by atoms with Crippen LogP contribution in [-0.2, 0) is 32.9 Å². The van der Waals surface area contributed by atoms with Crippen molar-refractivity contribution in [3.05, 3.63) is 64.8 Å². The molecule has 2 heterocycles. The van der Waals surface area contributed by atoms with Crippen molar-refractivity contribution in [1.29, 1.82) is 0 Å². The number of anilines is 1. The molecule has 1 atom stereocenters. The molecule has 0 bridgehead atoms. The minimum atomic E-state index is -0.967. The lowest BCUT2D eigenvalue weighted by molar-refractivity contribution is -0.137. The highest BCUT2D eigenvalue weighted by molar-refractivity contribution is 5.98. The Bertz CT molecular complexity index is 1470. The molecular weight excluding hydrogens is 534 g/mol. The lowest BCUT2D eigenvalue weighted by Gasteiger charge is -2.34. The standard InChI is InChI=1S/C32H41N5O5/c1-22-18-37(29-17-26(31(42)33-4)10-11-27(22)29)32(3,21-38)20-34-28-16-24(8-9-25(28)6-5-7-30(40)41)19-35-12-14-36(15-13-35)23(2)39/h8-11,16-18,21,34H,5-7,12-15,19-20H2,1-4H3,(H,33,42)(H,40,41). The number of aliphatic carboxylic acids is 1. The molecule has 1 fully saturated rings. The minimum Gasteiger partial charge on any atom is -0.481 e. The van der Waals surface area contributed by atoms with Crippen molar-refractivity contribution < 1.29 is 24.3 Å². The van der Waals surface area contributed by atoms with Crippen molar-refractivity contribution in [2.45, 2.75) is 52.1 Å². The van der Waals surface area contributed by atoms with E-state index >= 15 is 0 Å². The van der Waals surface area contributed by atoms with Crippen LogP contribution in [0.4, 0.5) is 5.69 Å². The molecule has 10 heteroatoms. The van der Waals surface area contributed by atoms with Gasteiger partial charge < -0.3 is 30.0 Å². The Balaban J connectivity index is 1.59. The summed E-state index contributed by atoms with van der Waals surface area (Å²) in [4.78, 5) is 52.0. The van der Waals surface area contributed by atoms with E-state index in [0.29, 0.717) is 31.5 Å². The number of carboxylic acid groups (broad SMARTS) is 1. The number of nitrogens with zero attached hydrogens (tertiary/aromatic N) is 3. The molecule has 2 amide bonds. The van der Waals surface area contributed by atoms with Gasteiger partial charge in [-0.2, -0.15) is 0 Å². The van der Waals surface area contributed by atoms with Gasteiger partial charge >= 0.3 is 5.97 Å². The number of aldehydes is 1. The van der Waals surface area contributed by atoms with Crippen molar-refractivity contribution in [2.24, 2.45) is 0 Å². The first-order chi connectivity index (χ1) is 20.0. The van der Waals surface area contributed by atoms with Gasteiger partial charge in [-0.25, -0.2) is 0 Å². The first kappa shape index (κ1) is 30.8. The SMILES string of the molecule is CNC(=O)c1ccc2c(C)cn(C(C)(C=O)CNc3cc(CN4CCN(C(C)=O)CC4)ccc3CCCC(=O)O)c2c1. The summed E-state index contributed by atoms with van der Waals surface area (Å²) in [6.07, 6.45) is 4.04. The Labute approximate surface area is 246 Å². The fourth-order valence-electron chi connectivity index (χ4n) is 5.58. The van der Waals surface area contributed by atoms with Crippen LogP contribution >= 0.6 is 0 Å². The van der Waals surface area contributed by atoms with E-state index in [0.717, 1.165) is 59.2 Å². The van der Waals surface area contributed by atoms with Gasteiger partial charge in [0.1, 0.15) is 11.8 Å². The zero-order chi connectivity index (χ0) is 30.4.